The molecule has 2 saturated heterocycles. The second-order valence-corrected chi connectivity index (χ2v) is 11.1. The fourth-order valence-electron chi connectivity index (χ4n) is 3.20. The number of amidine groups is 1. The minimum Gasteiger partial charge on any atom is -0.381 e. The van der Waals surface area contributed by atoms with Gasteiger partial charge in [0.25, 0.3) is 0 Å². The molecule has 22 heavy (non-hydrogen) atoms. The summed E-state index contributed by atoms with van der Waals surface area (Å²) in [5, 5.41) is 12.0. The standard InChI is InChI=1S/C13H16BrClN2O3S2/c1-12(10-8(15)6-9(14)21-10)7-22(18,19)13(11(16)17-12)2-4-20-5-3-13/h6H,2-5,7H2,1H3,(H2,16,17)/t12-/m0/s1. The van der Waals surface area contributed by atoms with E-state index in [1.54, 1.807) is 13.0 Å². The summed E-state index contributed by atoms with van der Waals surface area (Å²) >= 11 is 11.0. The van der Waals surface area contributed by atoms with Crippen LogP contribution in [-0.2, 0) is 20.1 Å². The van der Waals surface area contributed by atoms with Crippen LogP contribution in [0.2, 0.25) is 5.02 Å². The van der Waals surface area contributed by atoms with E-state index >= 15 is 0 Å². The first kappa shape index (κ1) is 16.7. The Balaban J connectivity index is 2.04. The van der Waals surface area contributed by atoms with Crippen LogP contribution in [0.4, 0.5) is 0 Å². The minimum atomic E-state index is -3.49. The van der Waals surface area contributed by atoms with Gasteiger partial charge < -0.3 is 10.1 Å². The molecule has 5 nitrogen and oxygen atoms in total. The third-order valence-corrected chi connectivity index (χ3v) is 9.46. The van der Waals surface area contributed by atoms with Crippen molar-refractivity contribution in [1.82, 2.24) is 5.32 Å². The molecule has 2 aliphatic rings. The monoisotopic (exact) mass is 426 g/mol. The van der Waals surface area contributed by atoms with E-state index in [2.05, 4.69) is 21.2 Å². The van der Waals surface area contributed by atoms with Crippen molar-refractivity contribution in [3.63, 3.8) is 0 Å². The molecule has 1 atom stereocenters. The maximum atomic E-state index is 13.0. The third-order valence-electron chi connectivity index (χ3n) is 4.39. The molecule has 0 saturated carbocycles. The lowest BCUT2D eigenvalue weighted by Crippen LogP contribution is -2.67. The van der Waals surface area contributed by atoms with E-state index in [9.17, 15) is 8.42 Å². The molecule has 1 aromatic heterocycles. The molecule has 3 rings (SSSR count). The predicted octanol–water partition coefficient (Wildman–Crippen LogP) is 2.92. The van der Waals surface area contributed by atoms with Gasteiger partial charge in [-0.25, -0.2) is 8.42 Å². The Hall–Kier alpha value is -0.150. The zero-order chi connectivity index (χ0) is 16.2. The Kier molecular flexibility index (Phi) is 4.13. The zero-order valence-electron chi connectivity index (χ0n) is 11.9. The largest absolute Gasteiger partial charge is 0.381 e. The maximum absolute atomic E-state index is 13.0. The van der Waals surface area contributed by atoms with Crippen molar-refractivity contribution in [2.75, 3.05) is 19.0 Å². The highest BCUT2D eigenvalue weighted by Crippen LogP contribution is 2.44. The minimum absolute atomic E-state index is 0.0603. The Morgan fingerprint density at radius 2 is 2.09 bits per heavy atom. The average molecular weight is 428 g/mol. The van der Waals surface area contributed by atoms with E-state index in [0.29, 0.717) is 31.1 Å². The molecule has 0 aromatic carbocycles. The van der Waals surface area contributed by atoms with E-state index in [-0.39, 0.29) is 11.6 Å². The summed E-state index contributed by atoms with van der Waals surface area (Å²) in [5.41, 5.74) is -0.882. The Morgan fingerprint density at radius 3 is 2.59 bits per heavy atom. The number of sulfone groups is 1. The van der Waals surface area contributed by atoms with E-state index in [0.717, 1.165) is 8.66 Å². The van der Waals surface area contributed by atoms with Gasteiger partial charge >= 0.3 is 0 Å². The number of hydrogen-bond donors (Lipinski definition) is 2. The van der Waals surface area contributed by atoms with Crippen molar-refractivity contribution in [1.29, 1.82) is 5.41 Å². The van der Waals surface area contributed by atoms with Gasteiger partial charge in [-0.3, -0.25) is 5.41 Å². The van der Waals surface area contributed by atoms with Crippen LogP contribution in [-0.4, -0.2) is 38.0 Å². The van der Waals surface area contributed by atoms with Crippen LogP contribution in [0.15, 0.2) is 9.85 Å². The maximum Gasteiger partial charge on any atom is 0.166 e. The van der Waals surface area contributed by atoms with Gasteiger partial charge in [0.05, 0.1) is 25.0 Å². The average Bonchev–Trinajstić information content (AvgIpc) is 2.77. The summed E-state index contributed by atoms with van der Waals surface area (Å²) in [4.78, 5) is 0.733. The Labute approximate surface area is 146 Å². The lowest BCUT2D eigenvalue weighted by molar-refractivity contribution is 0.0862. The summed E-state index contributed by atoms with van der Waals surface area (Å²) in [6.07, 6.45) is 0.665. The summed E-state index contributed by atoms with van der Waals surface area (Å²) in [5.74, 6) is -0.0140. The molecule has 122 valence electrons. The lowest BCUT2D eigenvalue weighted by atomic mass is 9.93. The van der Waals surface area contributed by atoms with Crippen LogP contribution in [0, 0.1) is 5.41 Å². The van der Waals surface area contributed by atoms with Gasteiger partial charge in [0.15, 0.2) is 9.84 Å². The topological polar surface area (TPSA) is 79.2 Å². The van der Waals surface area contributed by atoms with Gasteiger partial charge in [-0.15, -0.1) is 11.3 Å². The van der Waals surface area contributed by atoms with Crippen molar-refractivity contribution in [2.45, 2.75) is 30.1 Å². The SMILES string of the molecule is C[C@@]1(c2sc(Br)cc2Cl)CS(=O)(=O)C2(CCOCC2)C(=N)N1. The second-order valence-electron chi connectivity index (χ2n) is 5.93. The predicted molar refractivity (Wildman–Crippen MR) is 91.8 cm³/mol. The highest BCUT2D eigenvalue weighted by molar-refractivity contribution is 9.11. The summed E-state index contributed by atoms with van der Waals surface area (Å²) < 4.78 is 31.0. The van der Waals surface area contributed by atoms with E-state index < -0.39 is 20.1 Å². The van der Waals surface area contributed by atoms with Crippen LogP contribution < -0.4 is 5.32 Å². The molecule has 0 unspecified atom stereocenters. The molecule has 1 aromatic rings. The van der Waals surface area contributed by atoms with Gasteiger partial charge in [-0.2, -0.15) is 0 Å². The Morgan fingerprint density at radius 1 is 1.45 bits per heavy atom. The number of thiophene rings is 1. The van der Waals surface area contributed by atoms with Gasteiger partial charge in [0.2, 0.25) is 0 Å². The Bertz CT molecular complexity index is 728. The van der Waals surface area contributed by atoms with E-state index in [1.165, 1.54) is 11.3 Å². The number of rotatable bonds is 1. The van der Waals surface area contributed by atoms with Crippen LogP contribution in [0.1, 0.15) is 24.6 Å². The first-order valence-electron chi connectivity index (χ1n) is 6.83. The third kappa shape index (κ3) is 2.43. The molecule has 0 aliphatic carbocycles. The highest BCUT2D eigenvalue weighted by Gasteiger charge is 2.57. The van der Waals surface area contributed by atoms with Crippen LogP contribution in [0.25, 0.3) is 0 Å². The number of nitrogens with one attached hydrogen (secondary N) is 2. The molecule has 3 heterocycles. The van der Waals surface area contributed by atoms with Gasteiger partial charge in [0, 0.05) is 13.2 Å². The smallest absolute Gasteiger partial charge is 0.166 e. The zero-order valence-corrected chi connectivity index (χ0v) is 15.9. The molecule has 0 amide bonds. The van der Waals surface area contributed by atoms with Gasteiger partial charge in [0.1, 0.15) is 10.6 Å². The van der Waals surface area contributed by atoms with Crippen LogP contribution in [0.3, 0.4) is 0 Å². The highest BCUT2D eigenvalue weighted by atomic mass is 79.9. The quantitative estimate of drug-likeness (QED) is 0.722. The first-order chi connectivity index (χ1) is 10.2. The number of halogens is 2. The van der Waals surface area contributed by atoms with Crippen molar-refractivity contribution in [3.8, 4) is 0 Å². The van der Waals surface area contributed by atoms with E-state index in [1.807, 2.05) is 0 Å². The molecule has 2 aliphatic heterocycles. The van der Waals surface area contributed by atoms with Crippen molar-refractivity contribution >= 4 is 54.5 Å². The van der Waals surface area contributed by atoms with E-state index in [4.69, 9.17) is 21.7 Å². The molecular formula is C13H16BrClN2O3S2. The second kappa shape index (κ2) is 5.44. The van der Waals surface area contributed by atoms with Crippen LogP contribution in [0.5, 0.6) is 0 Å². The fraction of sp³-hybridized carbons (Fsp3) is 0.615. The molecule has 1 spiro atoms. The molecule has 2 fully saturated rings. The number of hydrogen-bond acceptors (Lipinski definition) is 5. The van der Waals surface area contributed by atoms with Gasteiger partial charge in [-0.05, 0) is 41.8 Å². The molecule has 2 N–H and O–H groups in total. The molecule has 0 bridgehead atoms. The fourth-order valence-corrected chi connectivity index (χ4v) is 7.92. The van der Waals surface area contributed by atoms with Crippen molar-refractivity contribution in [3.05, 3.63) is 19.8 Å². The van der Waals surface area contributed by atoms with Crippen molar-refractivity contribution in [2.24, 2.45) is 0 Å². The lowest BCUT2D eigenvalue weighted by Gasteiger charge is -2.47. The number of ether oxygens (including phenoxy) is 1. The summed E-state index contributed by atoms with van der Waals surface area (Å²) in [6, 6.07) is 1.75. The van der Waals surface area contributed by atoms with Crippen LogP contribution >= 0.6 is 38.9 Å². The molecule has 0 radical (unpaired) electrons. The normalized spacial score (nSPS) is 30.2. The van der Waals surface area contributed by atoms with Crippen molar-refractivity contribution < 1.29 is 13.2 Å². The summed E-state index contributed by atoms with van der Waals surface area (Å²) in [7, 11) is -3.49. The molecular weight excluding hydrogens is 412 g/mol. The summed E-state index contributed by atoms with van der Waals surface area (Å²) in [6.45, 7) is 2.52. The molecule has 9 heteroatoms. The first-order valence-corrected chi connectivity index (χ1v) is 10.5. The van der Waals surface area contributed by atoms with Gasteiger partial charge in [-0.1, -0.05) is 11.6 Å².